The SMILES string of the molecule is COc1cc2ncc(=O)n(CCc3ccccc3)c2cc1OCCCN1CCOCC1. The van der Waals surface area contributed by atoms with Gasteiger partial charge in [0.05, 0.1) is 44.2 Å². The minimum Gasteiger partial charge on any atom is -0.493 e. The summed E-state index contributed by atoms with van der Waals surface area (Å²) in [6.45, 7) is 5.66. The third kappa shape index (κ3) is 5.42. The molecule has 0 saturated carbocycles. The lowest BCUT2D eigenvalue weighted by atomic mass is 10.1. The van der Waals surface area contributed by atoms with Gasteiger partial charge in [-0.2, -0.15) is 0 Å². The Labute approximate surface area is 182 Å². The van der Waals surface area contributed by atoms with E-state index in [4.69, 9.17) is 14.2 Å². The highest BCUT2D eigenvalue weighted by atomic mass is 16.5. The number of benzene rings is 2. The second-order valence-corrected chi connectivity index (χ2v) is 7.63. The molecular formula is C24H29N3O4. The molecule has 4 rings (SSSR count). The number of aromatic nitrogens is 2. The van der Waals surface area contributed by atoms with E-state index in [1.54, 1.807) is 11.7 Å². The van der Waals surface area contributed by atoms with E-state index in [0.29, 0.717) is 30.2 Å². The van der Waals surface area contributed by atoms with Gasteiger partial charge >= 0.3 is 0 Å². The molecule has 0 unspecified atom stereocenters. The van der Waals surface area contributed by atoms with Crippen molar-refractivity contribution in [1.82, 2.24) is 14.5 Å². The van der Waals surface area contributed by atoms with E-state index >= 15 is 0 Å². The lowest BCUT2D eigenvalue weighted by Gasteiger charge is -2.26. The lowest BCUT2D eigenvalue weighted by molar-refractivity contribution is 0.0357. The van der Waals surface area contributed by atoms with Gasteiger partial charge in [-0.1, -0.05) is 30.3 Å². The zero-order valence-corrected chi connectivity index (χ0v) is 18.0. The van der Waals surface area contributed by atoms with Crippen molar-refractivity contribution < 1.29 is 14.2 Å². The molecule has 0 radical (unpaired) electrons. The summed E-state index contributed by atoms with van der Waals surface area (Å²) in [5.74, 6) is 1.26. The minimum absolute atomic E-state index is 0.119. The maximum Gasteiger partial charge on any atom is 0.269 e. The fraction of sp³-hybridized carbons (Fsp3) is 0.417. The van der Waals surface area contributed by atoms with Gasteiger partial charge in [-0.25, -0.2) is 4.98 Å². The zero-order valence-electron chi connectivity index (χ0n) is 18.0. The number of ether oxygens (including phenoxy) is 3. The summed E-state index contributed by atoms with van der Waals surface area (Å²) in [7, 11) is 1.62. The molecule has 164 valence electrons. The molecule has 1 saturated heterocycles. The Balaban J connectivity index is 1.50. The summed E-state index contributed by atoms with van der Waals surface area (Å²) in [6, 6.07) is 13.9. The molecule has 0 amide bonds. The zero-order chi connectivity index (χ0) is 21.5. The molecule has 1 aliphatic heterocycles. The van der Waals surface area contributed by atoms with E-state index in [0.717, 1.165) is 51.2 Å². The maximum atomic E-state index is 12.6. The topological polar surface area (TPSA) is 65.8 Å². The van der Waals surface area contributed by atoms with Crippen LogP contribution in [0.2, 0.25) is 0 Å². The van der Waals surface area contributed by atoms with Gasteiger partial charge in [-0.3, -0.25) is 9.69 Å². The van der Waals surface area contributed by atoms with Crippen LogP contribution in [0.5, 0.6) is 11.5 Å². The number of nitrogens with zero attached hydrogens (tertiary/aromatic N) is 3. The van der Waals surface area contributed by atoms with Crippen LogP contribution < -0.4 is 15.0 Å². The average Bonchev–Trinajstić information content (AvgIpc) is 2.82. The van der Waals surface area contributed by atoms with Crippen molar-refractivity contribution in [3.63, 3.8) is 0 Å². The molecule has 7 heteroatoms. The number of methoxy groups -OCH3 is 1. The molecule has 7 nitrogen and oxygen atoms in total. The van der Waals surface area contributed by atoms with Crippen LogP contribution >= 0.6 is 0 Å². The molecule has 0 atom stereocenters. The van der Waals surface area contributed by atoms with Crippen LogP contribution in [0.15, 0.2) is 53.5 Å². The monoisotopic (exact) mass is 423 g/mol. The predicted molar refractivity (Wildman–Crippen MR) is 120 cm³/mol. The number of aryl methyl sites for hydroxylation is 2. The molecule has 3 aromatic rings. The van der Waals surface area contributed by atoms with Crippen molar-refractivity contribution in [3.8, 4) is 11.5 Å². The fourth-order valence-corrected chi connectivity index (χ4v) is 3.85. The highest BCUT2D eigenvalue weighted by molar-refractivity contribution is 5.79. The summed E-state index contributed by atoms with van der Waals surface area (Å²) in [4.78, 5) is 19.3. The summed E-state index contributed by atoms with van der Waals surface area (Å²) in [5, 5.41) is 0. The van der Waals surface area contributed by atoms with E-state index in [1.165, 1.54) is 11.8 Å². The van der Waals surface area contributed by atoms with Crippen LogP contribution in [0.3, 0.4) is 0 Å². The Morgan fingerprint density at radius 1 is 1.06 bits per heavy atom. The van der Waals surface area contributed by atoms with Gasteiger partial charge in [0.15, 0.2) is 11.5 Å². The van der Waals surface area contributed by atoms with Gasteiger partial charge in [0.1, 0.15) is 0 Å². The van der Waals surface area contributed by atoms with Crippen molar-refractivity contribution in [1.29, 1.82) is 0 Å². The van der Waals surface area contributed by atoms with E-state index in [2.05, 4.69) is 22.0 Å². The Morgan fingerprint density at radius 3 is 2.65 bits per heavy atom. The Bertz CT molecular complexity index is 1050. The second kappa shape index (κ2) is 10.4. The smallest absolute Gasteiger partial charge is 0.269 e. The van der Waals surface area contributed by atoms with Gasteiger partial charge in [-0.05, 0) is 18.4 Å². The van der Waals surface area contributed by atoms with Crippen LogP contribution in [-0.4, -0.2) is 61.0 Å². The van der Waals surface area contributed by atoms with Gasteiger partial charge in [-0.15, -0.1) is 0 Å². The van der Waals surface area contributed by atoms with Crippen LogP contribution in [-0.2, 0) is 17.7 Å². The fourth-order valence-electron chi connectivity index (χ4n) is 3.85. The summed E-state index contributed by atoms with van der Waals surface area (Å²) < 4.78 is 18.7. The van der Waals surface area contributed by atoms with Crippen molar-refractivity contribution in [2.75, 3.05) is 46.6 Å². The van der Waals surface area contributed by atoms with Gasteiger partial charge in [0, 0.05) is 38.3 Å². The molecule has 1 aromatic heterocycles. The van der Waals surface area contributed by atoms with E-state index in [9.17, 15) is 4.79 Å². The molecule has 1 aliphatic rings. The Hall–Kier alpha value is -2.90. The van der Waals surface area contributed by atoms with Gasteiger partial charge in [0.25, 0.3) is 5.56 Å². The van der Waals surface area contributed by atoms with Gasteiger partial charge < -0.3 is 18.8 Å². The number of hydrogen-bond acceptors (Lipinski definition) is 6. The summed E-state index contributed by atoms with van der Waals surface area (Å²) in [5.41, 5.74) is 2.54. The van der Waals surface area contributed by atoms with Crippen LogP contribution in [0.1, 0.15) is 12.0 Å². The number of morpholine rings is 1. The molecular weight excluding hydrogens is 394 g/mol. The maximum absolute atomic E-state index is 12.6. The lowest BCUT2D eigenvalue weighted by Crippen LogP contribution is -2.37. The van der Waals surface area contributed by atoms with Crippen molar-refractivity contribution in [2.45, 2.75) is 19.4 Å². The number of hydrogen-bond donors (Lipinski definition) is 0. The first kappa shape index (κ1) is 21.3. The normalized spacial score (nSPS) is 14.6. The highest BCUT2D eigenvalue weighted by Gasteiger charge is 2.13. The standard InChI is InChI=1S/C24H29N3O4/c1-29-22-16-20-21(17-23(22)31-13-5-9-26-11-14-30-15-12-26)27(24(28)18-25-20)10-8-19-6-3-2-4-7-19/h2-4,6-7,16-18H,5,8-15H2,1H3. The first-order chi connectivity index (χ1) is 15.2. The first-order valence-electron chi connectivity index (χ1n) is 10.8. The number of fused-ring (bicyclic) bond motifs is 1. The molecule has 0 bridgehead atoms. The number of rotatable bonds is 9. The van der Waals surface area contributed by atoms with Crippen LogP contribution in [0.25, 0.3) is 11.0 Å². The van der Waals surface area contributed by atoms with Crippen molar-refractivity contribution in [2.24, 2.45) is 0 Å². The molecule has 0 aliphatic carbocycles. The molecule has 1 fully saturated rings. The van der Waals surface area contributed by atoms with Gasteiger partial charge in [0.2, 0.25) is 0 Å². The van der Waals surface area contributed by atoms with E-state index < -0.39 is 0 Å². The third-order valence-electron chi connectivity index (χ3n) is 5.58. The van der Waals surface area contributed by atoms with Crippen LogP contribution in [0, 0.1) is 0 Å². The molecule has 2 heterocycles. The van der Waals surface area contributed by atoms with E-state index in [1.807, 2.05) is 30.3 Å². The van der Waals surface area contributed by atoms with Crippen molar-refractivity contribution in [3.05, 3.63) is 64.6 Å². The van der Waals surface area contributed by atoms with Crippen molar-refractivity contribution >= 4 is 11.0 Å². The Kier molecular flexibility index (Phi) is 7.17. The summed E-state index contributed by atoms with van der Waals surface area (Å²) in [6.07, 6.45) is 3.05. The molecule has 31 heavy (non-hydrogen) atoms. The average molecular weight is 424 g/mol. The second-order valence-electron chi connectivity index (χ2n) is 7.63. The van der Waals surface area contributed by atoms with E-state index in [-0.39, 0.29) is 5.56 Å². The minimum atomic E-state index is -0.119. The first-order valence-corrected chi connectivity index (χ1v) is 10.8. The molecule has 0 spiro atoms. The largest absolute Gasteiger partial charge is 0.493 e. The van der Waals surface area contributed by atoms with Crippen LogP contribution in [0.4, 0.5) is 0 Å². The quantitative estimate of drug-likeness (QED) is 0.493. The molecule has 2 aromatic carbocycles. The third-order valence-corrected chi connectivity index (χ3v) is 5.58. The predicted octanol–water partition coefficient (Wildman–Crippen LogP) is 2.75. The molecule has 0 N–H and O–H groups in total. The summed E-state index contributed by atoms with van der Waals surface area (Å²) >= 11 is 0. The Morgan fingerprint density at radius 2 is 1.87 bits per heavy atom. The highest BCUT2D eigenvalue weighted by Crippen LogP contribution is 2.31.